The van der Waals surface area contributed by atoms with Gasteiger partial charge in [0.15, 0.2) is 0 Å². The molecule has 0 aromatic heterocycles. The van der Waals surface area contributed by atoms with Gasteiger partial charge in [0.25, 0.3) is 0 Å². The number of piperidine rings is 1. The van der Waals surface area contributed by atoms with Crippen LogP contribution in [0.1, 0.15) is 32.1 Å². The Morgan fingerprint density at radius 3 is 2.82 bits per heavy atom. The molecule has 5 heteroatoms. The first kappa shape index (κ1) is 15.8. The Labute approximate surface area is 135 Å². The van der Waals surface area contributed by atoms with E-state index in [2.05, 4.69) is 10.2 Å². The van der Waals surface area contributed by atoms with Crippen molar-refractivity contribution in [1.82, 2.24) is 4.90 Å². The zero-order chi connectivity index (χ0) is 15.5. The van der Waals surface area contributed by atoms with E-state index in [0.29, 0.717) is 12.2 Å². The fourth-order valence-corrected chi connectivity index (χ4v) is 4.02. The average molecular weight is 325 g/mol. The molecule has 1 N–H and O–H groups in total. The molecule has 0 bridgehead atoms. The van der Waals surface area contributed by atoms with Crippen LogP contribution in [0.4, 0.5) is 10.1 Å². The Balaban J connectivity index is 1.53. The van der Waals surface area contributed by atoms with Crippen molar-refractivity contribution in [2.24, 2.45) is 11.8 Å². The maximum Gasteiger partial charge on any atom is 0.238 e. The van der Waals surface area contributed by atoms with Gasteiger partial charge in [-0.3, -0.25) is 9.69 Å². The Kier molecular flexibility index (Phi) is 4.99. The van der Waals surface area contributed by atoms with Crippen LogP contribution in [-0.2, 0) is 4.79 Å². The highest BCUT2D eigenvalue weighted by atomic mass is 35.5. The van der Waals surface area contributed by atoms with Crippen LogP contribution in [0.3, 0.4) is 0 Å². The summed E-state index contributed by atoms with van der Waals surface area (Å²) in [5, 5.41) is 3.01. The summed E-state index contributed by atoms with van der Waals surface area (Å²) in [6.45, 7) is 2.40. The van der Waals surface area contributed by atoms with Crippen LogP contribution in [0, 0.1) is 17.7 Å². The topological polar surface area (TPSA) is 32.3 Å². The molecule has 1 saturated heterocycles. The van der Waals surface area contributed by atoms with E-state index in [4.69, 9.17) is 11.6 Å². The summed E-state index contributed by atoms with van der Waals surface area (Å²) in [5.74, 6) is 1.13. The summed E-state index contributed by atoms with van der Waals surface area (Å²) in [5.41, 5.74) is 0.473. The molecule has 3 rings (SSSR count). The van der Waals surface area contributed by atoms with Gasteiger partial charge in [0, 0.05) is 6.54 Å². The van der Waals surface area contributed by atoms with Gasteiger partial charge in [-0.1, -0.05) is 30.9 Å². The van der Waals surface area contributed by atoms with Crippen molar-refractivity contribution < 1.29 is 9.18 Å². The summed E-state index contributed by atoms with van der Waals surface area (Å²) >= 11 is 5.94. The molecular weight excluding hydrogens is 303 g/mol. The molecule has 120 valence electrons. The van der Waals surface area contributed by atoms with Crippen molar-refractivity contribution in [2.45, 2.75) is 32.1 Å². The van der Waals surface area contributed by atoms with E-state index in [1.165, 1.54) is 50.3 Å². The number of fused-ring (bicyclic) bond motifs is 1. The molecule has 0 radical (unpaired) electrons. The van der Waals surface area contributed by atoms with Crippen molar-refractivity contribution in [2.75, 3.05) is 25.0 Å². The number of halogens is 2. The van der Waals surface area contributed by atoms with Crippen LogP contribution in [-0.4, -0.2) is 30.4 Å². The molecule has 2 aliphatic rings. The van der Waals surface area contributed by atoms with Crippen LogP contribution < -0.4 is 5.32 Å². The summed E-state index contributed by atoms with van der Waals surface area (Å²) in [4.78, 5) is 14.4. The van der Waals surface area contributed by atoms with Crippen LogP contribution in [0.25, 0.3) is 0 Å². The van der Waals surface area contributed by atoms with E-state index in [1.54, 1.807) is 0 Å². The van der Waals surface area contributed by atoms with Crippen molar-refractivity contribution in [3.63, 3.8) is 0 Å². The van der Waals surface area contributed by atoms with Crippen LogP contribution in [0.15, 0.2) is 18.2 Å². The normalized spacial score (nSPS) is 25.5. The highest BCUT2D eigenvalue weighted by Gasteiger charge is 2.31. The number of amides is 1. The number of nitrogens with zero attached hydrogens (tertiary/aromatic N) is 1. The zero-order valence-corrected chi connectivity index (χ0v) is 13.4. The smallest absolute Gasteiger partial charge is 0.238 e. The molecule has 3 nitrogen and oxygen atoms in total. The molecule has 1 aromatic rings. The van der Waals surface area contributed by atoms with Gasteiger partial charge in [0.2, 0.25) is 5.91 Å². The van der Waals surface area contributed by atoms with Crippen molar-refractivity contribution >= 4 is 23.2 Å². The lowest BCUT2D eigenvalue weighted by molar-refractivity contribution is -0.118. The number of hydrogen-bond acceptors (Lipinski definition) is 2. The van der Waals surface area contributed by atoms with Crippen LogP contribution >= 0.6 is 11.6 Å². The van der Waals surface area contributed by atoms with Gasteiger partial charge < -0.3 is 5.32 Å². The number of nitrogens with one attached hydrogen (secondary N) is 1. The van der Waals surface area contributed by atoms with Crippen LogP contribution in [0.5, 0.6) is 0 Å². The molecule has 2 fully saturated rings. The lowest BCUT2D eigenvalue weighted by atomic mass is 9.75. The number of likely N-dealkylation sites (tertiary alicyclic amines) is 1. The number of hydrogen-bond donors (Lipinski definition) is 1. The third-order valence-electron chi connectivity index (χ3n) is 4.95. The lowest BCUT2D eigenvalue weighted by Gasteiger charge is -2.41. The van der Waals surface area contributed by atoms with Gasteiger partial charge in [0.05, 0.1) is 17.3 Å². The van der Waals surface area contributed by atoms with E-state index in [-0.39, 0.29) is 10.9 Å². The molecule has 22 heavy (non-hydrogen) atoms. The Morgan fingerprint density at radius 1 is 1.27 bits per heavy atom. The van der Waals surface area contributed by atoms with E-state index in [1.807, 2.05) is 0 Å². The molecule has 0 spiro atoms. The molecule has 1 aliphatic heterocycles. The van der Waals surface area contributed by atoms with E-state index in [9.17, 15) is 9.18 Å². The molecule has 1 aliphatic carbocycles. The van der Waals surface area contributed by atoms with Gasteiger partial charge in [0.1, 0.15) is 5.82 Å². The zero-order valence-electron chi connectivity index (χ0n) is 12.7. The van der Waals surface area contributed by atoms with E-state index in [0.717, 1.165) is 24.9 Å². The molecule has 1 aromatic carbocycles. The van der Waals surface area contributed by atoms with Crippen molar-refractivity contribution in [3.05, 3.63) is 29.0 Å². The van der Waals surface area contributed by atoms with Crippen molar-refractivity contribution in [3.8, 4) is 0 Å². The highest BCUT2D eigenvalue weighted by Crippen LogP contribution is 2.35. The summed E-state index contributed by atoms with van der Waals surface area (Å²) in [7, 11) is 0. The van der Waals surface area contributed by atoms with Gasteiger partial charge >= 0.3 is 0 Å². The molecule has 1 amide bonds. The molecule has 2 atom stereocenters. The minimum atomic E-state index is -0.401. The highest BCUT2D eigenvalue weighted by molar-refractivity contribution is 6.33. The lowest BCUT2D eigenvalue weighted by Crippen LogP contribution is -2.44. The Bertz CT molecular complexity index is 551. The Morgan fingerprint density at radius 2 is 2.05 bits per heavy atom. The second kappa shape index (κ2) is 6.97. The third kappa shape index (κ3) is 3.79. The summed E-state index contributed by atoms with van der Waals surface area (Å²) in [6.07, 6.45) is 6.55. The molecule has 1 saturated carbocycles. The largest absolute Gasteiger partial charge is 0.324 e. The number of benzene rings is 1. The van der Waals surface area contributed by atoms with Crippen LogP contribution in [0.2, 0.25) is 5.02 Å². The Hall–Kier alpha value is -1.13. The van der Waals surface area contributed by atoms with E-state index < -0.39 is 5.82 Å². The maximum absolute atomic E-state index is 13.0. The first-order chi connectivity index (χ1) is 10.6. The average Bonchev–Trinajstić information content (AvgIpc) is 2.50. The minimum Gasteiger partial charge on any atom is -0.324 e. The molecule has 0 unspecified atom stereocenters. The third-order valence-corrected chi connectivity index (χ3v) is 5.26. The van der Waals surface area contributed by atoms with Crippen molar-refractivity contribution in [1.29, 1.82) is 0 Å². The fourth-order valence-electron chi connectivity index (χ4n) is 3.80. The number of anilines is 1. The fraction of sp³-hybridized carbons (Fsp3) is 0.588. The molecular formula is C17H22ClFN2O. The standard InChI is InChI=1S/C17H22ClFN2O/c18-15-9-14(19)5-6-16(15)20-17(22)11-21-8-7-12-3-1-2-4-13(12)10-21/h5-6,9,12-13H,1-4,7-8,10-11H2,(H,20,22)/t12-,13+/m0/s1. The van der Waals surface area contributed by atoms with Gasteiger partial charge in [-0.15, -0.1) is 0 Å². The monoisotopic (exact) mass is 324 g/mol. The number of carbonyl (C=O) groups excluding carboxylic acids is 1. The first-order valence-electron chi connectivity index (χ1n) is 8.09. The second-order valence-electron chi connectivity index (χ2n) is 6.50. The quantitative estimate of drug-likeness (QED) is 0.913. The predicted molar refractivity (Wildman–Crippen MR) is 86.5 cm³/mol. The van der Waals surface area contributed by atoms with Gasteiger partial charge in [-0.05, 0) is 49.4 Å². The SMILES string of the molecule is O=C(CN1CC[C@@H]2CCCC[C@@H]2C1)Nc1ccc(F)cc1Cl. The summed E-state index contributed by atoms with van der Waals surface area (Å²) < 4.78 is 13.0. The second-order valence-corrected chi connectivity index (χ2v) is 6.91. The number of carbonyl (C=O) groups is 1. The molecule has 1 heterocycles. The maximum atomic E-state index is 13.0. The van der Waals surface area contributed by atoms with Gasteiger partial charge in [-0.25, -0.2) is 4.39 Å². The number of rotatable bonds is 3. The minimum absolute atomic E-state index is 0.0808. The predicted octanol–water partition coefficient (Wildman–Crippen LogP) is 3.93. The first-order valence-corrected chi connectivity index (χ1v) is 8.47. The summed E-state index contributed by atoms with van der Waals surface area (Å²) in [6, 6.07) is 4.02. The van der Waals surface area contributed by atoms with E-state index >= 15 is 0 Å². The van der Waals surface area contributed by atoms with Gasteiger partial charge in [-0.2, -0.15) is 0 Å².